The lowest BCUT2D eigenvalue weighted by molar-refractivity contribution is -0.637. The summed E-state index contributed by atoms with van der Waals surface area (Å²) in [5.41, 5.74) is 1.99. The molecule has 0 unspecified atom stereocenters. The standard InChI is InChI=1S/C5H12N2O2/c1-5(2,3)4(8)6-7-9/h7H2,1-3H3,(H,6,8). The van der Waals surface area contributed by atoms with Gasteiger partial charge in [-0.05, 0) is 0 Å². The van der Waals surface area contributed by atoms with Crippen LogP contribution < -0.4 is 11.0 Å². The van der Waals surface area contributed by atoms with Gasteiger partial charge in [0.2, 0.25) is 0 Å². The lowest BCUT2D eigenvalue weighted by Gasteiger charge is -2.16. The predicted molar refractivity (Wildman–Crippen MR) is 32.9 cm³/mol. The van der Waals surface area contributed by atoms with Gasteiger partial charge < -0.3 is 5.21 Å². The van der Waals surface area contributed by atoms with Crippen LogP contribution in [-0.2, 0) is 4.79 Å². The smallest absolute Gasteiger partial charge is 0.270 e. The summed E-state index contributed by atoms with van der Waals surface area (Å²) < 4.78 is 0. The highest BCUT2D eigenvalue weighted by Gasteiger charge is 2.21. The Bertz CT molecular complexity index is 106. The highest BCUT2D eigenvalue weighted by Crippen LogP contribution is 2.10. The summed E-state index contributed by atoms with van der Waals surface area (Å²) in [6, 6.07) is 0. The van der Waals surface area contributed by atoms with E-state index in [1.807, 2.05) is 0 Å². The molecule has 0 bridgehead atoms. The fourth-order valence-corrected chi connectivity index (χ4v) is 0.270. The summed E-state index contributed by atoms with van der Waals surface area (Å²) in [4.78, 5) is 10.7. The summed E-state index contributed by atoms with van der Waals surface area (Å²) in [5.74, 6) is -0.252. The molecule has 0 aliphatic rings. The molecule has 1 amide bonds. The molecule has 0 aromatic rings. The monoisotopic (exact) mass is 132 g/mol. The van der Waals surface area contributed by atoms with Gasteiger partial charge in [0.15, 0.2) is 0 Å². The minimum atomic E-state index is -0.471. The maximum absolute atomic E-state index is 10.7. The Balaban J connectivity index is 3.74. The summed E-state index contributed by atoms with van der Waals surface area (Å²) in [6.07, 6.45) is 0. The maximum atomic E-state index is 10.7. The topological polar surface area (TPSA) is 68.8 Å². The molecule has 0 saturated heterocycles. The van der Waals surface area contributed by atoms with E-state index in [0.29, 0.717) is 5.59 Å². The third-order valence-electron chi connectivity index (χ3n) is 0.871. The van der Waals surface area contributed by atoms with E-state index in [9.17, 15) is 10.0 Å². The van der Waals surface area contributed by atoms with Crippen LogP contribution in [0, 0.1) is 10.6 Å². The average Bonchev–Trinajstić information content (AvgIpc) is 1.64. The number of hydrogen-bond acceptors (Lipinski definition) is 2. The van der Waals surface area contributed by atoms with Gasteiger partial charge in [0.25, 0.3) is 5.91 Å². The number of quaternary nitrogens is 1. The molecule has 0 aromatic carbocycles. The van der Waals surface area contributed by atoms with Crippen molar-refractivity contribution in [3.05, 3.63) is 5.21 Å². The molecule has 0 rings (SSSR count). The molecule has 0 radical (unpaired) electrons. The van der Waals surface area contributed by atoms with Crippen molar-refractivity contribution in [3.63, 3.8) is 0 Å². The molecule has 3 N–H and O–H groups in total. The highest BCUT2D eigenvalue weighted by atomic mass is 16.5. The van der Waals surface area contributed by atoms with Crippen LogP contribution in [0.3, 0.4) is 0 Å². The largest absolute Gasteiger partial charge is 0.609 e. The molecular formula is C5H12N2O2. The zero-order valence-corrected chi connectivity index (χ0v) is 5.89. The van der Waals surface area contributed by atoms with E-state index in [1.54, 1.807) is 20.8 Å². The lowest BCUT2D eigenvalue weighted by Crippen LogP contribution is -2.89. The second kappa shape index (κ2) is 2.80. The van der Waals surface area contributed by atoms with Gasteiger partial charge in [-0.25, -0.2) is 5.43 Å². The highest BCUT2D eigenvalue weighted by molar-refractivity contribution is 5.79. The molecule has 0 saturated carbocycles. The molecule has 0 aliphatic carbocycles. The Morgan fingerprint density at radius 1 is 1.56 bits per heavy atom. The van der Waals surface area contributed by atoms with E-state index < -0.39 is 5.41 Å². The van der Waals surface area contributed by atoms with E-state index >= 15 is 0 Å². The number of hydrogen-bond donors (Lipinski definition) is 2. The van der Waals surface area contributed by atoms with Gasteiger partial charge in [0.05, 0.1) is 0 Å². The third-order valence-corrected chi connectivity index (χ3v) is 0.871. The van der Waals surface area contributed by atoms with Crippen LogP contribution in [0.2, 0.25) is 0 Å². The molecule has 4 heteroatoms. The van der Waals surface area contributed by atoms with Crippen LogP contribution >= 0.6 is 0 Å². The number of nitrogens with one attached hydrogen (secondary N) is 1. The van der Waals surface area contributed by atoms with E-state index in [1.165, 1.54) is 0 Å². The Morgan fingerprint density at radius 2 is 2.00 bits per heavy atom. The van der Waals surface area contributed by atoms with Gasteiger partial charge >= 0.3 is 0 Å². The minimum Gasteiger partial charge on any atom is -0.609 e. The average molecular weight is 132 g/mol. The van der Waals surface area contributed by atoms with Crippen LogP contribution in [0.25, 0.3) is 0 Å². The Kier molecular flexibility index (Phi) is 2.61. The third kappa shape index (κ3) is 3.05. The maximum Gasteiger partial charge on any atom is 0.270 e. The Morgan fingerprint density at radius 3 is 2.11 bits per heavy atom. The van der Waals surface area contributed by atoms with Gasteiger partial charge in [-0.1, -0.05) is 20.8 Å². The van der Waals surface area contributed by atoms with Crippen molar-refractivity contribution in [3.8, 4) is 0 Å². The van der Waals surface area contributed by atoms with Crippen LogP contribution in [0.4, 0.5) is 0 Å². The zero-order valence-electron chi connectivity index (χ0n) is 5.89. The van der Waals surface area contributed by atoms with Crippen LogP contribution in [0.15, 0.2) is 0 Å². The van der Waals surface area contributed by atoms with Crippen LogP contribution in [0.1, 0.15) is 20.8 Å². The van der Waals surface area contributed by atoms with Crippen molar-refractivity contribution in [2.45, 2.75) is 20.8 Å². The molecule has 0 aromatic heterocycles. The van der Waals surface area contributed by atoms with Gasteiger partial charge in [0.1, 0.15) is 0 Å². The second-order valence-electron chi connectivity index (χ2n) is 2.84. The molecule has 0 aliphatic heterocycles. The van der Waals surface area contributed by atoms with Crippen LogP contribution in [-0.4, -0.2) is 5.91 Å². The van der Waals surface area contributed by atoms with E-state index in [2.05, 4.69) is 5.43 Å². The van der Waals surface area contributed by atoms with Gasteiger partial charge in [0, 0.05) is 5.41 Å². The first-order chi connectivity index (χ1) is 3.98. The second-order valence-corrected chi connectivity index (χ2v) is 2.84. The fraction of sp³-hybridized carbons (Fsp3) is 0.800. The lowest BCUT2D eigenvalue weighted by atomic mass is 9.96. The molecule has 0 fully saturated rings. The first-order valence-electron chi connectivity index (χ1n) is 2.73. The normalized spacial score (nSPS) is 11.1. The van der Waals surface area contributed by atoms with Gasteiger partial charge in [-0.3, -0.25) is 10.4 Å². The molecule has 54 valence electrons. The van der Waals surface area contributed by atoms with Crippen molar-refractivity contribution in [2.75, 3.05) is 0 Å². The molecule has 0 heterocycles. The van der Waals surface area contributed by atoms with Crippen LogP contribution in [0.5, 0.6) is 0 Å². The molecule has 0 spiro atoms. The first kappa shape index (κ1) is 8.39. The van der Waals surface area contributed by atoms with Gasteiger partial charge in [-0.2, -0.15) is 0 Å². The first-order valence-corrected chi connectivity index (χ1v) is 2.73. The number of carbonyl (C=O) groups excluding carboxylic acids is 1. The SMILES string of the molecule is CC(C)(C)C(=O)N[NH2+][O-]. The van der Waals surface area contributed by atoms with Crippen molar-refractivity contribution in [1.29, 1.82) is 0 Å². The number of nitrogens with two attached hydrogens (primary N) is 1. The van der Waals surface area contributed by atoms with Crippen molar-refractivity contribution in [1.82, 2.24) is 5.43 Å². The molecule has 0 atom stereocenters. The van der Waals surface area contributed by atoms with E-state index in [-0.39, 0.29) is 5.91 Å². The summed E-state index contributed by atoms with van der Waals surface area (Å²) in [6.45, 7) is 5.23. The predicted octanol–water partition coefficient (Wildman–Crippen LogP) is -0.875. The number of amides is 1. The van der Waals surface area contributed by atoms with Crippen molar-refractivity contribution in [2.24, 2.45) is 5.41 Å². The summed E-state index contributed by atoms with van der Waals surface area (Å²) >= 11 is 0. The molecule has 4 nitrogen and oxygen atoms in total. The number of carbonyl (C=O) groups is 1. The Hall–Kier alpha value is -0.610. The summed E-state index contributed by atoms with van der Waals surface area (Å²) in [7, 11) is 0. The van der Waals surface area contributed by atoms with E-state index in [4.69, 9.17) is 0 Å². The Labute approximate surface area is 54.2 Å². The minimum absolute atomic E-state index is 0.252. The van der Waals surface area contributed by atoms with Crippen molar-refractivity contribution < 1.29 is 10.4 Å². The number of rotatable bonds is 1. The van der Waals surface area contributed by atoms with Gasteiger partial charge in [-0.15, -0.1) is 0 Å². The quantitative estimate of drug-likeness (QED) is 0.276. The zero-order chi connectivity index (χ0) is 7.49. The van der Waals surface area contributed by atoms with E-state index in [0.717, 1.165) is 0 Å². The summed E-state index contributed by atoms with van der Waals surface area (Å²) in [5, 5.41) is 9.73. The van der Waals surface area contributed by atoms with Crippen molar-refractivity contribution >= 4 is 5.91 Å². The molecule has 9 heavy (non-hydrogen) atoms. The molecular weight excluding hydrogens is 120 g/mol. The fourth-order valence-electron chi connectivity index (χ4n) is 0.270.